The highest BCUT2D eigenvalue weighted by Crippen LogP contribution is 2.27. The van der Waals surface area contributed by atoms with Crippen LogP contribution < -0.4 is 5.43 Å². The molecule has 0 aliphatic heterocycles. The molecule has 28 heavy (non-hydrogen) atoms. The predicted molar refractivity (Wildman–Crippen MR) is 104 cm³/mol. The van der Waals surface area contributed by atoms with Crippen molar-refractivity contribution < 1.29 is 29.0 Å². The van der Waals surface area contributed by atoms with E-state index in [-0.39, 0.29) is 18.4 Å². The first-order valence-electron chi connectivity index (χ1n) is 8.87. The van der Waals surface area contributed by atoms with Gasteiger partial charge in [0, 0.05) is 5.02 Å². The number of rotatable bonds is 8. The Labute approximate surface area is 169 Å². The smallest absolute Gasteiger partial charge is 0.423 e. The molecule has 0 radical (unpaired) electrons. The molecule has 1 rings (SSSR count). The average molecular weight is 415 g/mol. The fraction of sp³-hybridized carbons (Fsp3) is 0.526. The third-order valence-electron chi connectivity index (χ3n) is 3.88. The van der Waals surface area contributed by atoms with Gasteiger partial charge in [-0.25, -0.2) is 15.2 Å². The molecule has 0 heterocycles. The molecule has 9 heteroatoms. The Bertz CT molecular complexity index is 678. The van der Waals surface area contributed by atoms with Crippen LogP contribution in [-0.2, 0) is 19.1 Å². The first-order chi connectivity index (χ1) is 13.1. The zero-order valence-corrected chi connectivity index (χ0v) is 17.4. The van der Waals surface area contributed by atoms with Crippen molar-refractivity contribution in [3.8, 4) is 0 Å². The van der Waals surface area contributed by atoms with E-state index in [9.17, 15) is 19.5 Å². The van der Waals surface area contributed by atoms with Crippen LogP contribution in [0.5, 0.6) is 0 Å². The molecule has 2 atom stereocenters. The zero-order chi connectivity index (χ0) is 21.4. The first-order valence-corrected chi connectivity index (χ1v) is 9.25. The van der Waals surface area contributed by atoms with Gasteiger partial charge in [0.15, 0.2) is 0 Å². The number of esters is 1. The second-order valence-electron chi connectivity index (χ2n) is 6.82. The van der Waals surface area contributed by atoms with Gasteiger partial charge in [0.2, 0.25) is 0 Å². The summed E-state index contributed by atoms with van der Waals surface area (Å²) in [6, 6.07) is 5.48. The largest absolute Gasteiger partial charge is 0.469 e. The summed E-state index contributed by atoms with van der Waals surface area (Å²) in [7, 11) is 1.22. The Hall–Kier alpha value is -2.32. The van der Waals surface area contributed by atoms with Crippen molar-refractivity contribution >= 4 is 29.6 Å². The topological polar surface area (TPSA) is 105 Å². The van der Waals surface area contributed by atoms with Crippen molar-refractivity contribution in [2.24, 2.45) is 5.92 Å². The number of carboxylic acid groups (broad SMARTS) is 1. The third kappa shape index (κ3) is 7.01. The van der Waals surface area contributed by atoms with E-state index in [1.54, 1.807) is 52.0 Å². The minimum Gasteiger partial charge on any atom is -0.469 e. The summed E-state index contributed by atoms with van der Waals surface area (Å²) in [5.74, 6) is -1.43. The molecule has 156 valence electrons. The van der Waals surface area contributed by atoms with Crippen LogP contribution in [0.1, 0.15) is 45.7 Å². The molecule has 2 amide bonds. The van der Waals surface area contributed by atoms with E-state index in [0.717, 1.165) is 5.01 Å². The molecular formula is C19H27ClN2O6. The second-order valence-corrected chi connectivity index (χ2v) is 7.26. The van der Waals surface area contributed by atoms with Crippen LogP contribution in [0.2, 0.25) is 5.02 Å². The molecule has 0 fully saturated rings. The van der Waals surface area contributed by atoms with Gasteiger partial charge in [-0.15, -0.1) is 0 Å². The number of halogens is 1. The fourth-order valence-electron chi connectivity index (χ4n) is 2.60. The Balaban J connectivity index is 3.38. The number of nitrogens with one attached hydrogen (secondary N) is 1. The van der Waals surface area contributed by atoms with E-state index in [0.29, 0.717) is 10.6 Å². The molecule has 1 aromatic carbocycles. The van der Waals surface area contributed by atoms with E-state index >= 15 is 0 Å². The molecule has 0 saturated carbocycles. The third-order valence-corrected chi connectivity index (χ3v) is 4.13. The minimum absolute atomic E-state index is 0.225. The molecule has 1 aromatic rings. The van der Waals surface area contributed by atoms with Crippen molar-refractivity contribution in [2.45, 2.75) is 52.4 Å². The maximum atomic E-state index is 13.2. The van der Waals surface area contributed by atoms with Crippen LogP contribution in [0.15, 0.2) is 24.3 Å². The highest BCUT2D eigenvalue weighted by molar-refractivity contribution is 6.30. The molecule has 0 aliphatic carbocycles. The van der Waals surface area contributed by atoms with Crippen LogP contribution in [0.4, 0.5) is 4.79 Å². The number of hydrazine groups is 1. The maximum absolute atomic E-state index is 13.2. The van der Waals surface area contributed by atoms with Crippen molar-refractivity contribution in [1.82, 2.24) is 10.4 Å². The van der Waals surface area contributed by atoms with Crippen LogP contribution in [-0.4, -0.2) is 47.4 Å². The number of hydrogen-bond donors (Lipinski definition) is 2. The normalized spacial score (nSPS) is 13.1. The summed E-state index contributed by atoms with van der Waals surface area (Å²) in [5, 5.41) is 10.7. The van der Waals surface area contributed by atoms with Gasteiger partial charge in [0.25, 0.3) is 5.91 Å². The highest BCUT2D eigenvalue weighted by atomic mass is 35.5. The van der Waals surface area contributed by atoms with Gasteiger partial charge in [-0.1, -0.05) is 37.6 Å². The number of amides is 2. The average Bonchev–Trinajstić information content (AvgIpc) is 2.62. The van der Waals surface area contributed by atoms with E-state index in [4.69, 9.17) is 21.1 Å². The SMILES string of the molecule is COC(=O)CC(c1ccc(Cl)cc1)N(NC(=O)O)C(=O)C(OC(C)C)C(C)C. The number of methoxy groups -OCH3 is 1. The Morgan fingerprint density at radius 3 is 2.14 bits per heavy atom. The first kappa shape index (κ1) is 23.7. The van der Waals surface area contributed by atoms with Crippen LogP contribution in [0, 0.1) is 5.92 Å². The maximum Gasteiger partial charge on any atom is 0.423 e. The highest BCUT2D eigenvalue weighted by Gasteiger charge is 2.36. The summed E-state index contributed by atoms with van der Waals surface area (Å²) in [6.45, 7) is 7.15. The standard InChI is InChI=1S/C19H27ClN2O6/c1-11(2)17(28-12(3)4)18(24)22(21-19(25)26)15(10-16(23)27-5)13-6-8-14(20)9-7-13/h6-9,11-12,15,17,21H,10H2,1-5H3,(H,25,26). The second kappa shape index (κ2) is 10.9. The van der Waals surface area contributed by atoms with E-state index in [1.165, 1.54) is 7.11 Å². The molecule has 0 aliphatic rings. The lowest BCUT2D eigenvalue weighted by molar-refractivity contribution is -0.158. The number of benzene rings is 1. The van der Waals surface area contributed by atoms with Crippen molar-refractivity contribution in [2.75, 3.05) is 7.11 Å². The van der Waals surface area contributed by atoms with Crippen LogP contribution >= 0.6 is 11.6 Å². The predicted octanol–water partition coefficient (Wildman–Crippen LogP) is 3.41. The van der Waals surface area contributed by atoms with Crippen molar-refractivity contribution in [1.29, 1.82) is 0 Å². The summed E-state index contributed by atoms with van der Waals surface area (Å²) in [4.78, 5) is 36.6. The molecular weight excluding hydrogens is 388 g/mol. The number of nitrogens with zero attached hydrogens (tertiary/aromatic N) is 1. The van der Waals surface area contributed by atoms with Crippen LogP contribution in [0.25, 0.3) is 0 Å². The van der Waals surface area contributed by atoms with Crippen molar-refractivity contribution in [3.63, 3.8) is 0 Å². The van der Waals surface area contributed by atoms with Gasteiger partial charge in [0.1, 0.15) is 6.10 Å². The molecule has 0 spiro atoms. The summed E-state index contributed by atoms with van der Waals surface area (Å²) in [6.07, 6.45) is -2.85. The molecule has 0 bridgehead atoms. The van der Waals surface area contributed by atoms with Gasteiger partial charge >= 0.3 is 12.1 Å². The number of carbonyl (C=O) groups excluding carboxylic acids is 2. The number of ether oxygens (including phenoxy) is 2. The lowest BCUT2D eigenvalue weighted by Gasteiger charge is -2.35. The summed E-state index contributed by atoms with van der Waals surface area (Å²) in [5.41, 5.74) is 2.63. The minimum atomic E-state index is -1.44. The van der Waals surface area contributed by atoms with E-state index in [1.807, 2.05) is 0 Å². The number of carbonyl (C=O) groups is 3. The lowest BCUT2D eigenvalue weighted by atomic mass is 10.0. The van der Waals surface area contributed by atoms with Crippen LogP contribution in [0.3, 0.4) is 0 Å². The van der Waals surface area contributed by atoms with E-state index in [2.05, 4.69) is 5.43 Å². The monoisotopic (exact) mass is 414 g/mol. The molecule has 8 nitrogen and oxygen atoms in total. The Morgan fingerprint density at radius 2 is 1.71 bits per heavy atom. The fourth-order valence-corrected chi connectivity index (χ4v) is 2.73. The molecule has 2 N–H and O–H groups in total. The molecule has 0 aromatic heterocycles. The summed E-state index contributed by atoms with van der Waals surface area (Å²) < 4.78 is 10.4. The molecule has 0 saturated heterocycles. The Morgan fingerprint density at radius 1 is 1.14 bits per heavy atom. The zero-order valence-electron chi connectivity index (χ0n) is 16.6. The molecule has 2 unspecified atom stereocenters. The summed E-state index contributed by atoms with van der Waals surface area (Å²) >= 11 is 5.92. The van der Waals surface area contributed by atoms with Gasteiger partial charge in [0.05, 0.1) is 25.7 Å². The van der Waals surface area contributed by atoms with Gasteiger partial charge in [-0.3, -0.25) is 9.59 Å². The van der Waals surface area contributed by atoms with Gasteiger partial charge < -0.3 is 14.6 Å². The Kier molecular flexibility index (Phi) is 9.21. The van der Waals surface area contributed by atoms with Gasteiger partial charge in [-0.05, 0) is 37.5 Å². The van der Waals surface area contributed by atoms with E-state index < -0.39 is 30.1 Å². The number of hydrogen-bond acceptors (Lipinski definition) is 5. The van der Waals surface area contributed by atoms with Crippen molar-refractivity contribution in [3.05, 3.63) is 34.9 Å². The quantitative estimate of drug-likeness (QED) is 0.499. The van der Waals surface area contributed by atoms with Gasteiger partial charge in [-0.2, -0.15) is 0 Å². The lowest BCUT2D eigenvalue weighted by Crippen LogP contribution is -2.54.